The van der Waals surface area contributed by atoms with Crippen LogP contribution in [-0.4, -0.2) is 56.2 Å². The molecule has 1 saturated heterocycles. The van der Waals surface area contributed by atoms with E-state index in [2.05, 4.69) is 5.09 Å². The minimum Gasteiger partial charge on any atom is -1.00 e. The molecule has 2 aliphatic rings. The maximum absolute atomic E-state index is 14.1. The van der Waals surface area contributed by atoms with Crippen molar-refractivity contribution in [1.82, 2.24) is 5.09 Å². The molecular weight excluding hydrogens is 575 g/mol. The summed E-state index contributed by atoms with van der Waals surface area (Å²) in [7, 11) is -3.02. The highest BCUT2D eigenvalue weighted by Crippen LogP contribution is 2.53. The highest BCUT2D eigenvalue weighted by Gasteiger charge is 2.33. The van der Waals surface area contributed by atoms with Crippen LogP contribution in [0.2, 0.25) is 0 Å². The van der Waals surface area contributed by atoms with Gasteiger partial charge >= 0.3 is 0 Å². The van der Waals surface area contributed by atoms with E-state index in [9.17, 15) is 9.36 Å². The Morgan fingerprint density at radius 2 is 1.31 bits per heavy atom. The van der Waals surface area contributed by atoms with Crippen molar-refractivity contribution in [2.75, 3.05) is 45.9 Å². The zero-order valence-corrected chi connectivity index (χ0v) is 24.4. The van der Waals surface area contributed by atoms with E-state index in [-0.39, 0.29) is 22.8 Å². The van der Waals surface area contributed by atoms with Gasteiger partial charge in [-0.3, -0.25) is 14.4 Å². The molecule has 204 valence electrons. The fourth-order valence-corrected chi connectivity index (χ4v) is 6.86. The molecule has 0 aromatic heterocycles. The zero-order valence-electron chi connectivity index (χ0n) is 21.9. The molecule has 5 rings (SSSR count). The van der Waals surface area contributed by atoms with Crippen molar-refractivity contribution in [2.45, 2.75) is 6.42 Å². The number of quaternary nitrogens is 1. The number of carbonyl (C=O) groups is 1. The minimum absolute atomic E-state index is 0. The third kappa shape index (κ3) is 7.65. The topological polar surface area (TPSA) is 64.6 Å². The standard InChI is InChI=1S/C31H34N2O4P.BrH/c34-29(26-11-4-1-5-12-26)23-33(19-21-36-22-20-33)18-10-17-32-38(35)24-30(27-13-6-2-7-14-27)37-31(25-38)28-15-8-3-9-16-28;/h1-9,11-16,24-25H,10,17-23H2,(H,32,35);1H/q+1;/p-1. The summed E-state index contributed by atoms with van der Waals surface area (Å²) in [6, 6.07) is 29.0. The van der Waals surface area contributed by atoms with E-state index in [1.807, 2.05) is 91.0 Å². The van der Waals surface area contributed by atoms with Crippen LogP contribution in [0.15, 0.2) is 103 Å². The van der Waals surface area contributed by atoms with Crippen molar-refractivity contribution in [3.05, 3.63) is 119 Å². The monoisotopic (exact) mass is 608 g/mol. The number of benzene rings is 3. The first-order valence-electron chi connectivity index (χ1n) is 13.1. The second kappa shape index (κ2) is 13.5. The van der Waals surface area contributed by atoms with Crippen LogP contribution >= 0.6 is 7.29 Å². The normalized spacial score (nSPS) is 17.6. The Labute approximate surface area is 241 Å². The van der Waals surface area contributed by atoms with Gasteiger partial charge in [-0.15, -0.1) is 0 Å². The lowest BCUT2D eigenvalue weighted by Gasteiger charge is -2.41. The van der Waals surface area contributed by atoms with Crippen molar-refractivity contribution < 1.29 is 40.3 Å². The van der Waals surface area contributed by atoms with E-state index in [0.717, 1.165) is 42.7 Å². The SMILES string of the molecule is O=C(C[N+]1(CCCNP2(=O)C=C(c3ccccc3)OC(c3ccccc3)=C2)CCOCC1)c1ccccc1.[Br-]. The number of rotatable bonds is 10. The molecule has 0 spiro atoms. The molecule has 0 amide bonds. The van der Waals surface area contributed by atoms with Crippen LogP contribution < -0.4 is 22.1 Å². The number of nitrogens with zero attached hydrogens (tertiary/aromatic N) is 1. The molecular formula is C31H34BrN2O4P. The lowest BCUT2D eigenvalue weighted by Crippen LogP contribution is -3.00. The molecule has 0 aliphatic carbocycles. The first-order chi connectivity index (χ1) is 18.5. The Morgan fingerprint density at radius 1 is 0.795 bits per heavy atom. The van der Waals surface area contributed by atoms with Crippen LogP contribution in [0, 0.1) is 0 Å². The van der Waals surface area contributed by atoms with E-state index < -0.39 is 7.29 Å². The molecule has 0 saturated carbocycles. The van der Waals surface area contributed by atoms with E-state index in [1.165, 1.54) is 0 Å². The largest absolute Gasteiger partial charge is 1.00 e. The van der Waals surface area contributed by atoms with Crippen LogP contribution in [-0.2, 0) is 14.0 Å². The van der Waals surface area contributed by atoms with E-state index in [4.69, 9.17) is 9.47 Å². The summed E-state index contributed by atoms with van der Waals surface area (Å²) in [5.74, 6) is 4.80. The predicted molar refractivity (Wildman–Crippen MR) is 151 cm³/mol. The van der Waals surface area contributed by atoms with Gasteiger partial charge in [0.1, 0.15) is 31.2 Å². The predicted octanol–water partition coefficient (Wildman–Crippen LogP) is 3.01. The number of carbonyl (C=O) groups excluding carboxylic acids is 1. The van der Waals surface area contributed by atoms with Crippen LogP contribution in [0.25, 0.3) is 11.5 Å². The van der Waals surface area contributed by atoms with Gasteiger partial charge in [0.2, 0.25) is 5.78 Å². The molecule has 1 fully saturated rings. The Kier molecular flexibility index (Phi) is 10.1. The van der Waals surface area contributed by atoms with Gasteiger partial charge < -0.3 is 30.9 Å². The molecule has 8 heteroatoms. The summed E-state index contributed by atoms with van der Waals surface area (Å²) in [6.07, 6.45) is 0.788. The van der Waals surface area contributed by atoms with Crippen LogP contribution in [0.5, 0.6) is 0 Å². The van der Waals surface area contributed by atoms with Gasteiger partial charge in [-0.2, -0.15) is 0 Å². The van der Waals surface area contributed by atoms with Crippen LogP contribution in [0.4, 0.5) is 0 Å². The minimum atomic E-state index is -3.02. The van der Waals surface area contributed by atoms with Crippen molar-refractivity contribution in [3.8, 4) is 0 Å². The number of morpholine rings is 1. The highest BCUT2D eigenvalue weighted by atomic mass is 79.9. The van der Waals surface area contributed by atoms with Gasteiger partial charge in [0.15, 0.2) is 7.29 Å². The summed E-state index contributed by atoms with van der Waals surface area (Å²) >= 11 is 0. The molecule has 3 aromatic carbocycles. The Balaban J connectivity index is 0.00000353. The number of ether oxygens (including phenoxy) is 2. The van der Waals surface area contributed by atoms with E-state index >= 15 is 0 Å². The maximum atomic E-state index is 14.1. The fourth-order valence-electron chi connectivity index (χ4n) is 5.00. The van der Waals surface area contributed by atoms with Crippen molar-refractivity contribution in [3.63, 3.8) is 0 Å². The number of hydrogen-bond acceptors (Lipinski definition) is 4. The number of nitrogens with one attached hydrogen (secondary N) is 1. The first kappa shape index (κ1) is 29.2. The molecule has 0 bridgehead atoms. The molecule has 3 aromatic rings. The molecule has 0 unspecified atom stereocenters. The Bertz CT molecular complexity index is 1280. The zero-order chi connectivity index (χ0) is 26.3. The number of halogens is 1. The molecule has 39 heavy (non-hydrogen) atoms. The molecule has 0 atom stereocenters. The molecule has 0 radical (unpaired) electrons. The fraction of sp³-hybridized carbons (Fsp3) is 0.258. The quantitative estimate of drug-likeness (QED) is 0.166. The third-order valence-electron chi connectivity index (χ3n) is 7.12. The number of ketones is 1. The van der Waals surface area contributed by atoms with Gasteiger partial charge in [0, 0.05) is 41.3 Å². The Morgan fingerprint density at radius 3 is 1.85 bits per heavy atom. The molecule has 6 nitrogen and oxygen atoms in total. The summed E-state index contributed by atoms with van der Waals surface area (Å²) in [5.41, 5.74) is 2.51. The summed E-state index contributed by atoms with van der Waals surface area (Å²) in [5, 5.41) is 3.34. The van der Waals surface area contributed by atoms with Gasteiger partial charge in [0.25, 0.3) is 0 Å². The number of Topliss-reactive ketones (excluding diaryl/α,β-unsaturated/α-hetero) is 1. The highest BCUT2D eigenvalue weighted by molar-refractivity contribution is 7.68. The Hall–Kier alpha value is -2.80. The van der Waals surface area contributed by atoms with Crippen molar-refractivity contribution >= 4 is 24.6 Å². The second-order valence-electron chi connectivity index (χ2n) is 9.86. The average Bonchev–Trinajstić information content (AvgIpc) is 2.97. The van der Waals surface area contributed by atoms with Crippen molar-refractivity contribution in [2.24, 2.45) is 0 Å². The maximum Gasteiger partial charge on any atom is 0.216 e. The second-order valence-corrected chi connectivity index (χ2v) is 12.1. The smallest absolute Gasteiger partial charge is 0.216 e. The van der Waals surface area contributed by atoms with Crippen LogP contribution in [0.1, 0.15) is 27.9 Å². The van der Waals surface area contributed by atoms with E-state index in [1.54, 1.807) is 11.6 Å². The first-order valence-corrected chi connectivity index (χ1v) is 15.0. The average molecular weight is 610 g/mol. The van der Waals surface area contributed by atoms with Gasteiger partial charge in [0.05, 0.1) is 19.8 Å². The van der Waals surface area contributed by atoms with Crippen LogP contribution in [0.3, 0.4) is 0 Å². The lowest BCUT2D eigenvalue weighted by atomic mass is 10.1. The van der Waals surface area contributed by atoms with Crippen molar-refractivity contribution in [1.29, 1.82) is 0 Å². The number of hydrogen-bond donors (Lipinski definition) is 1. The van der Waals surface area contributed by atoms with E-state index in [0.29, 0.717) is 42.3 Å². The summed E-state index contributed by atoms with van der Waals surface area (Å²) < 4.78 is 26.6. The van der Waals surface area contributed by atoms with Gasteiger partial charge in [-0.25, -0.2) is 0 Å². The molecule has 2 heterocycles. The van der Waals surface area contributed by atoms with Gasteiger partial charge in [-0.1, -0.05) is 91.0 Å². The van der Waals surface area contributed by atoms with Gasteiger partial charge in [-0.05, 0) is 0 Å². The summed E-state index contributed by atoms with van der Waals surface area (Å²) in [6.45, 7) is 4.75. The third-order valence-corrected chi connectivity index (χ3v) is 9.07. The summed E-state index contributed by atoms with van der Waals surface area (Å²) in [4.78, 5) is 13.0. The molecule has 1 N–H and O–H groups in total. The molecule has 2 aliphatic heterocycles. The lowest BCUT2D eigenvalue weighted by molar-refractivity contribution is -0.927.